The van der Waals surface area contributed by atoms with Crippen LogP contribution < -0.4 is 4.90 Å². The van der Waals surface area contributed by atoms with Gasteiger partial charge in [-0.05, 0) is 69.5 Å². The number of carbonyl (C=O) groups excluding carboxylic acids is 2. The SMILES string of the molecule is CCOC(=O)c1cccc([N+](=O)[O-])c1N(Cc1ccc(-n2cc(CC)cc2C#N)cc1)C(=O)OC(C)(C)C. The minimum absolute atomic E-state index is 0.0543. The number of nitro groups is 1. The summed E-state index contributed by atoms with van der Waals surface area (Å²) in [5, 5.41) is 21.5. The second kappa shape index (κ2) is 11.6. The van der Waals surface area contributed by atoms with Crippen molar-refractivity contribution in [1.82, 2.24) is 4.57 Å². The zero-order valence-electron chi connectivity index (χ0n) is 22.1. The van der Waals surface area contributed by atoms with Gasteiger partial charge in [0.05, 0.1) is 23.6 Å². The Morgan fingerprint density at radius 2 is 1.79 bits per heavy atom. The number of amides is 1. The van der Waals surface area contributed by atoms with E-state index in [1.165, 1.54) is 18.2 Å². The number of hydrogen-bond acceptors (Lipinski definition) is 7. The summed E-state index contributed by atoms with van der Waals surface area (Å²) in [6.45, 7) is 8.59. The molecule has 2 aromatic carbocycles. The number of esters is 1. The second-order valence-corrected chi connectivity index (χ2v) is 9.45. The molecule has 0 aliphatic rings. The number of ether oxygens (including phenoxy) is 2. The fourth-order valence-electron chi connectivity index (χ4n) is 3.84. The number of hydrogen-bond donors (Lipinski definition) is 0. The van der Waals surface area contributed by atoms with Gasteiger partial charge in [-0.1, -0.05) is 25.1 Å². The van der Waals surface area contributed by atoms with Crippen LogP contribution in [0.1, 0.15) is 61.8 Å². The molecular weight excluding hydrogens is 488 g/mol. The number of nitriles is 1. The predicted octanol–water partition coefficient (Wildman–Crippen LogP) is 5.94. The first-order valence-electron chi connectivity index (χ1n) is 12.1. The molecule has 198 valence electrons. The highest BCUT2D eigenvalue weighted by Crippen LogP contribution is 2.35. The molecule has 1 aromatic heterocycles. The Balaban J connectivity index is 2.09. The first-order chi connectivity index (χ1) is 18.0. The van der Waals surface area contributed by atoms with Crippen molar-refractivity contribution in [2.24, 2.45) is 0 Å². The molecule has 0 atom stereocenters. The molecule has 38 heavy (non-hydrogen) atoms. The molecule has 3 rings (SSSR count). The van der Waals surface area contributed by atoms with E-state index in [0.717, 1.165) is 22.6 Å². The average Bonchev–Trinajstić information content (AvgIpc) is 3.30. The zero-order valence-corrected chi connectivity index (χ0v) is 22.1. The molecule has 0 saturated heterocycles. The number of carbonyl (C=O) groups is 2. The summed E-state index contributed by atoms with van der Waals surface area (Å²) in [7, 11) is 0. The lowest BCUT2D eigenvalue weighted by Crippen LogP contribution is -2.37. The van der Waals surface area contributed by atoms with E-state index in [9.17, 15) is 25.0 Å². The smallest absolute Gasteiger partial charge is 0.415 e. The maximum absolute atomic E-state index is 13.4. The van der Waals surface area contributed by atoms with Crippen LogP contribution in [0.3, 0.4) is 0 Å². The highest BCUT2D eigenvalue weighted by Gasteiger charge is 2.33. The van der Waals surface area contributed by atoms with E-state index < -0.39 is 28.3 Å². The van der Waals surface area contributed by atoms with Crippen molar-refractivity contribution in [2.45, 2.75) is 53.2 Å². The molecule has 0 saturated carbocycles. The molecule has 10 nitrogen and oxygen atoms in total. The lowest BCUT2D eigenvalue weighted by atomic mass is 10.1. The summed E-state index contributed by atoms with van der Waals surface area (Å²) in [4.78, 5) is 38.5. The summed E-state index contributed by atoms with van der Waals surface area (Å²) in [5.74, 6) is -0.793. The van der Waals surface area contributed by atoms with Crippen molar-refractivity contribution in [3.05, 3.63) is 87.2 Å². The molecule has 0 N–H and O–H groups in total. The van der Waals surface area contributed by atoms with Crippen LogP contribution in [0.2, 0.25) is 0 Å². The molecule has 1 heterocycles. The molecule has 0 radical (unpaired) electrons. The molecular formula is C28H30N4O6. The minimum atomic E-state index is -0.897. The average molecular weight is 519 g/mol. The lowest BCUT2D eigenvalue weighted by Gasteiger charge is -2.28. The van der Waals surface area contributed by atoms with Crippen LogP contribution in [0.25, 0.3) is 5.69 Å². The quantitative estimate of drug-likeness (QED) is 0.205. The molecule has 0 bridgehead atoms. The first-order valence-corrected chi connectivity index (χ1v) is 12.1. The number of para-hydroxylation sites is 1. The maximum atomic E-state index is 13.4. The van der Waals surface area contributed by atoms with E-state index in [1.54, 1.807) is 56.5 Å². The number of aryl methyl sites for hydroxylation is 1. The number of rotatable bonds is 8. The summed E-state index contributed by atoms with van der Waals surface area (Å²) in [6.07, 6.45) is 1.81. The number of benzene rings is 2. The molecule has 0 aliphatic heterocycles. The maximum Gasteiger partial charge on any atom is 0.415 e. The summed E-state index contributed by atoms with van der Waals surface area (Å²) in [6, 6.07) is 15.0. The number of nitrogens with zero attached hydrogens (tertiary/aromatic N) is 4. The van der Waals surface area contributed by atoms with Crippen LogP contribution >= 0.6 is 0 Å². The highest BCUT2D eigenvalue weighted by molar-refractivity contribution is 6.03. The normalized spacial score (nSPS) is 10.9. The van der Waals surface area contributed by atoms with Crippen LogP contribution in [-0.4, -0.2) is 33.8 Å². The number of anilines is 1. The highest BCUT2D eigenvalue weighted by atomic mass is 16.6. The Morgan fingerprint density at radius 3 is 2.34 bits per heavy atom. The van der Waals surface area contributed by atoms with Gasteiger partial charge in [-0.25, -0.2) is 9.59 Å². The fourth-order valence-corrected chi connectivity index (χ4v) is 3.84. The third kappa shape index (κ3) is 6.37. The van der Waals surface area contributed by atoms with Gasteiger partial charge in [-0.3, -0.25) is 15.0 Å². The van der Waals surface area contributed by atoms with Crippen LogP contribution in [0.4, 0.5) is 16.2 Å². The van der Waals surface area contributed by atoms with E-state index in [2.05, 4.69) is 6.07 Å². The van der Waals surface area contributed by atoms with E-state index in [1.807, 2.05) is 19.2 Å². The number of aromatic nitrogens is 1. The molecule has 0 fully saturated rings. The van der Waals surface area contributed by atoms with E-state index in [4.69, 9.17) is 9.47 Å². The standard InChI is InChI=1S/C28H30N4O6/c1-6-19-15-22(16-29)30(17-19)21-13-11-20(12-14-21)18-31(27(34)38-28(3,4)5)25-23(26(33)37-7-2)9-8-10-24(25)32(35)36/h8-15,17H,6-7,18H2,1-5H3. The summed E-state index contributed by atoms with van der Waals surface area (Å²) < 4.78 is 12.5. The Labute approximate surface area is 221 Å². The first kappa shape index (κ1) is 27.9. The molecule has 0 unspecified atom stereocenters. The van der Waals surface area contributed by atoms with Gasteiger partial charge in [0.1, 0.15) is 23.1 Å². The van der Waals surface area contributed by atoms with Gasteiger partial charge in [0.2, 0.25) is 0 Å². The largest absolute Gasteiger partial charge is 0.462 e. The van der Waals surface area contributed by atoms with Crippen LogP contribution in [0, 0.1) is 21.4 Å². The van der Waals surface area contributed by atoms with Crippen LogP contribution in [0.5, 0.6) is 0 Å². The number of nitro benzene ring substituents is 1. The Bertz CT molecular complexity index is 1380. The van der Waals surface area contributed by atoms with Crippen molar-refractivity contribution in [3.8, 4) is 11.8 Å². The fraction of sp³-hybridized carbons (Fsp3) is 0.321. The van der Waals surface area contributed by atoms with E-state index in [0.29, 0.717) is 11.3 Å². The summed E-state index contributed by atoms with van der Waals surface area (Å²) in [5.41, 5.74) is 1.21. The molecule has 3 aromatic rings. The zero-order chi connectivity index (χ0) is 28.0. The Morgan fingerprint density at radius 1 is 1.11 bits per heavy atom. The molecule has 0 spiro atoms. The van der Waals surface area contributed by atoms with Crippen molar-refractivity contribution in [3.63, 3.8) is 0 Å². The van der Waals surface area contributed by atoms with Crippen molar-refractivity contribution in [2.75, 3.05) is 11.5 Å². The summed E-state index contributed by atoms with van der Waals surface area (Å²) >= 11 is 0. The van der Waals surface area contributed by atoms with Crippen molar-refractivity contribution in [1.29, 1.82) is 5.26 Å². The van der Waals surface area contributed by atoms with E-state index >= 15 is 0 Å². The van der Waals surface area contributed by atoms with Gasteiger partial charge in [-0.2, -0.15) is 5.26 Å². The van der Waals surface area contributed by atoms with Crippen molar-refractivity contribution >= 4 is 23.4 Å². The third-order valence-electron chi connectivity index (χ3n) is 5.55. The lowest BCUT2D eigenvalue weighted by molar-refractivity contribution is -0.384. The second-order valence-electron chi connectivity index (χ2n) is 9.45. The topological polar surface area (TPSA) is 128 Å². The molecule has 0 aliphatic carbocycles. The minimum Gasteiger partial charge on any atom is -0.462 e. The van der Waals surface area contributed by atoms with Gasteiger partial charge < -0.3 is 14.0 Å². The van der Waals surface area contributed by atoms with Gasteiger partial charge in [0.25, 0.3) is 5.69 Å². The van der Waals surface area contributed by atoms with Gasteiger partial charge >= 0.3 is 12.1 Å². The van der Waals surface area contributed by atoms with E-state index in [-0.39, 0.29) is 24.4 Å². The predicted molar refractivity (Wildman–Crippen MR) is 141 cm³/mol. The van der Waals surface area contributed by atoms with Crippen LogP contribution in [-0.2, 0) is 22.4 Å². The van der Waals surface area contributed by atoms with Gasteiger partial charge in [0, 0.05) is 18.0 Å². The monoisotopic (exact) mass is 518 g/mol. The Kier molecular flexibility index (Phi) is 8.53. The third-order valence-corrected chi connectivity index (χ3v) is 5.55. The Hall–Kier alpha value is -4.65. The molecule has 1 amide bonds. The van der Waals surface area contributed by atoms with Gasteiger partial charge in [-0.15, -0.1) is 0 Å². The van der Waals surface area contributed by atoms with Crippen molar-refractivity contribution < 1.29 is 24.0 Å². The van der Waals surface area contributed by atoms with Gasteiger partial charge in [0.15, 0.2) is 0 Å². The molecule has 10 heteroatoms. The van der Waals surface area contributed by atoms with Crippen LogP contribution in [0.15, 0.2) is 54.7 Å².